The Hall–Kier alpha value is -0.0800. The van der Waals surface area contributed by atoms with E-state index in [4.69, 9.17) is 0 Å². The highest BCUT2D eigenvalue weighted by molar-refractivity contribution is 4.84. The molecule has 0 heterocycles. The summed E-state index contributed by atoms with van der Waals surface area (Å²) in [6, 6.07) is 0.687. The Balaban J connectivity index is 2.29. The third-order valence-electron chi connectivity index (χ3n) is 4.17. The second-order valence-corrected chi connectivity index (χ2v) is 5.92. The largest absolute Gasteiger partial charge is 0.312 e. The van der Waals surface area contributed by atoms with Gasteiger partial charge in [0.15, 0.2) is 0 Å². The van der Waals surface area contributed by atoms with Gasteiger partial charge in [0, 0.05) is 18.1 Å². The first-order chi connectivity index (χ1) is 6.93. The molecule has 1 rings (SSSR count). The number of hydrogen-bond donors (Lipinski definition) is 1. The van der Waals surface area contributed by atoms with Crippen molar-refractivity contribution >= 4 is 0 Å². The molecular weight excluding hydrogens is 184 g/mol. The molecule has 0 aromatic carbocycles. The number of nitrogens with zero attached hydrogens (tertiary/aromatic N) is 1. The number of nitrogens with one attached hydrogen (secondary N) is 1. The minimum atomic E-state index is 0.257. The van der Waals surface area contributed by atoms with Crippen LogP contribution in [0.3, 0.4) is 0 Å². The third kappa shape index (κ3) is 3.76. The van der Waals surface area contributed by atoms with Crippen LogP contribution in [-0.2, 0) is 0 Å². The lowest BCUT2D eigenvalue weighted by Gasteiger charge is -2.35. The van der Waals surface area contributed by atoms with Gasteiger partial charge in [0.1, 0.15) is 0 Å². The summed E-state index contributed by atoms with van der Waals surface area (Å²) in [5.41, 5.74) is 0.257. The molecule has 0 aromatic rings. The van der Waals surface area contributed by atoms with Crippen molar-refractivity contribution in [2.75, 3.05) is 20.6 Å². The van der Waals surface area contributed by atoms with Gasteiger partial charge in [-0.15, -0.1) is 0 Å². The van der Waals surface area contributed by atoms with Gasteiger partial charge in [0.2, 0.25) is 0 Å². The molecule has 15 heavy (non-hydrogen) atoms. The van der Waals surface area contributed by atoms with Crippen LogP contribution >= 0.6 is 0 Å². The van der Waals surface area contributed by atoms with Gasteiger partial charge in [-0.25, -0.2) is 0 Å². The zero-order valence-electron chi connectivity index (χ0n) is 11.1. The standard InChI is InChI=1S/C13H28N2/c1-11(12-8-6-7-9-12)14-10-13(2,3)15(4)5/h11-12,14H,6-10H2,1-5H3. The van der Waals surface area contributed by atoms with Crippen molar-refractivity contribution in [2.24, 2.45) is 5.92 Å². The average molecular weight is 212 g/mol. The zero-order chi connectivity index (χ0) is 11.5. The van der Waals surface area contributed by atoms with Crippen molar-refractivity contribution in [2.45, 2.75) is 58.0 Å². The van der Waals surface area contributed by atoms with E-state index < -0.39 is 0 Å². The highest BCUT2D eigenvalue weighted by Crippen LogP contribution is 2.27. The summed E-state index contributed by atoms with van der Waals surface area (Å²) in [5, 5.41) is 3.70. The Bertz CT molecular complexity index is 181. The van der Waals surface area contributed by atoms with Crippen molar-refractivity contribution in [1.29, 1.82) is 0 Å². The summed E-state index contributed by atoms with van der Waals surface area (Å²) in [6.07, 6.45) is 5.73. The van der Waals surface area contributed by atoms with Crippen LogP contribution in [0.15, 0.2) is 0 Å². The Morgan fingerprint density at radius 1 is 1.27 bits per heavy atom. The fourth-order valence-corrected chi connectivity index (χ4v) is 2.19. The first kappa shape index (κ1) is 13.0. The molecule has 2 nitrogen and oxygen atoms in total. The second kappa shape index (κ2) is 5.31. The molecule has 0 aromatic heterocycles. The summed E-state index contributed by atoms with van der Waals surface area (Å²) < 4.78 is 0. The molecule has 90 valence electrons. The van der Waals surface area contributed by atoms with Gasteiger partial charge in [-0.05, 0) is 53.6 Å². The van der Waals surface area contributed by atoms with E-state index in [9.17, 15) is 0 Å². The molecule has 2 heteroatoms. The normalized spacial score (nSPS) is 21.2. The van der Waals surface area contributed by atoms with E-state index in [1.165, 1.54) is 25.7 Å². The Kier molecular flexibility index (Phi) is 4.60. The van der Waals surface area contributed by atoms with E-state index in [1.807, 2.05) is 0 Å². The Morgan fingerprint density at radius 3 is 2.27 bits per heavy atom. The Morgan fingerprint density at radius 2 is 1.80 bits per heavy atom. The molecular formula is C13H28N2. The molecule has 1 fully saturated rings. The highest BCUT2D eigenvalue weighted by atomic mass is 15.2. The smallest absolute Gasteiger partial charge is 0.0271 e. The first-order valence-electron chi connectivity index (χ1n) is 6.34. The topological polar surface area (TPSA) is 15.3 Å². The minimum Gasteiger partial charge on any atom is -0.312 e. The van der Waals surface area contributed by atoms with Crippen molar-refractivity contribution < 1.29 is 0 Å². The highest BCUT2D eigenvalue weighted by Gasteiger charge is 2.25. The summed E-state index contributed by atoms with van der Waals surface area (Å²) in [4.78, 5) is 2.29. The molecule has 1 atom stereocenters. The molecule has 1 saturated carbocycles. The van der Waals surface area contributed by atoms with Crippen LogP contribution in [0.5, 0.6) is 0 Å². The molecule has 0 aliphatic heterocycles. The van der Waals surface area contributed by atoms with E-state index in [2.05, 4.69) is 45.1 Å². The number of likely N-dealkylation sites (N-methyl/N-ethyl adjacent to an activating group) is 1. The molecule has 0 bridgehead atoms. The van der Waals surface area contributed by atoms with E-state index in [0.29, 0.717) is 6.04 Å². The van der Waals surface area contributed by atoms with E-state index in [-0.39, 0.29) is 5.54 Å². The first-order valence-corrected chi connectivity index (χ1v) is 6.34. The van der Waals surface area contributed by atoms with Gasteiger partial charge in [0.05, 0.1) is 0 Å². The van der Waals surface area contributed by atoms with Gasteiger partial charge in [-0.2, -0.15) is 0 Å². The molecule has 0 radical (unpaired) electrons. The lowest BCUT2D eigenvalue weighted by molar-refractivity contribution is 0.179. The number of hydrogen-bond acceptors (Lipinski definition) is 2. The van der Waals surface area contributed by atoms with Crippen LogP contribution in [-0.4, -0.2) is 37.1 Å². The summed E-state index contributed by atoms with van der Waals surface area (Å²) in [6.45, 7) is 8.02. The van der Waals surface area contributed by atoms with Gasteiger partial charge in [-0.1, -0.05) is 12.8 Å². The van der Waals surface area contributed by atoms with Gasteiger partial charge in [0.25, 0.3) is 0 Å². The van der Waals surface area contributed by atoms with Crippen LogP contribution in [0.2, 0.25) is 0 Å². The monoisotopic (exact) mass is 212 g/mol. The lowest BCUT2D eigenvalue weighted by Crippen LogP contribution is -2.49. The Labute approximate surface area is 95.4 Å². The van der Waals surface area contributed by atoms with Crippen molar-refractivity contribution in [3.05, 3.63) is 0 Å². The summed E-state index contributed by atoms with van der Waals surface area (Å²) >= 11 is 0. The fraction of sp³-hybridized carbons (Fsp3) is 1.00. The molecule has 1 unspecified atom stereocenters. The minimum absolute atomic E-state index is 0.257. The molecule has 1 aliphatic carbocycles. The third-order valence-corrected chi connectivity index (χ3v) is 4.17. The van der Waals surface area contributed by atoms with Crippen LogP contribution in [0, 0.1) is 5.92 Å². The van der Waals surface area contributed by atoms with Crippen LogP contribution in [0.25, 0.3) is 0 Å². The fourth-order valence-electron chi connectivity index (χ4n) is 2.19. The average Bonchev–Trinajstić information content (AvgIpc) is 2.66. The summed E-state index contributed by atoms with van der Waals surface area (Å²) in [5.74, 6) is 0.919. The van der Waals surface area contributed by atoms with E-state index >= 15 is 0 Å². The maximum atomic E-state index is 3.70. The number of rotatable bonds is 5. The summed E-state index contributed by atoms with van der Waals surface area (Å²) in [7, 11) is 4.31. The van der Waals surface area contributed by atoms with Crippen molar-refractivity contribution in [3.8, 4) is 0 Å². The van der Waals surface area contributed by atoms with Crippen LogP contribution < -0.4 is 5.32 Å². The molecule has 0 amide bonds. The van der Waals surface area contributed by atoms with Crippen molar-refractivity contribution in [1.82, 2.24) is 10.2 Å². The van der Waals surface area contributed by atoms with Gasteiger partial charge >= 0.3 is 0 Å². The molecule has 0 spiro atoms. The molecule has 0 saturated heterocycles. The maximum Gasteiger partial charge on any atom is 0.0271 e. The van der Waals surface area contributed by atoms with Crippen LogP contribution in [0.1, 0.15) is 46.5 Å². The second-order valence-electron chi connectivity index (χ2n) is 5.92. The lowest BCUT2D eigenvalue weighted by atomic mass is 9.97. The SMILES string of the molecule is CC(NCC(C)(C)N(C)C)C1CCCC1. The predicted octanol–water partition coefficient (Wildman–Crippen LogP) is 2.49. The van der Waals surface area contributed by atoms with Gasteiger partial charge in [-0.3, -0.25) is 0 Å². The zero-order valence-corrected chi connectivity index (χ0v) is 11.1. The predicted molar refractivity (Wildman–Crippen MR) is 67.2 cm³/mol. The molecule has 1 aliphatic rings. The van der Waals surface area contributed by atoms with E-state index in [1.54, 1.807) is 0 Å². The van der Waals surface area contributed by atoms with Crippen molar-refractivity contribution in [3.63, 3.8) is 0 Å². The molecule has 1 N–H and O–H groups in total. The van der Waals surface area contributed by atoms with E-state index in [0.717, 1.165) is 12.5 Å². The van der Waals surface area contributed by atoms with Gasteiger partial charge < -0.3 is 10.2 Å². The quantitative estimate of drug-likeness (QED) is 0.753. The maximum absolute atomic E-state index is 3.70. The van der Waals surface area contributed by atoms with Crippen LogP contribution in [0.4, 0.5) is 0 Å².